The Morgan fingerprint density at radius 2 is 1.94 bits per heavy atom. The van der Waals surface area contributed by atoms with E-state index in [1.807, 2.05) is 13.8 Å². The lowest BCUT2D eigenvalue weighted by Gasteiger charge is -2.17. The monoisotopic (exact) mass is 231 g/mol. The minimum Gasteiger partial charge on any atom is -0.310 e. The summed E-state index contributed by atoms with van der Waals surface area (Å²) in [6, 6.07) is 5.50. The zero-order valence-electron chi connectivity index (χ0n) is 9.43. The van der Waals surface area contributed by atoms with Crippen LogP contribution in [0.25, 0.3) is 0 Å². The molecule has 0 aliphatic heterocycles. The highest BCUT2D eigenvalue weighted by Gasteiger charge is 2.30. The van der Waals surface area contributed by atoms with Crippen LogP contribution in [-0.4, -0.2) is 6.54 Å². The Balaban J connectivity index is 2.97. The molecule has 0 bridgehead atoms. The summed E-state index contributed by atoms with van der Waals surface area (Å²) in [4.78, 5) is 0. The first-order valence-corrected chi connectivity index (χ1v) is 5.39. The largest absolute Gasteiger partial charge is 0.416 e. The minimum absolute atomic E-state index is 0.00713. The van der Waals surface area contributed by atoms with Crippen molar-refractivity contribution in [3.63, 3.8) is 0 Å². The maximum absolute atomic E-state index is 12.5. The van der Waals surface area contributed by atoms with E-state index in [0.29, 0.717) is 5.56 Å². The molecule has 1 aromatic carbocycles. The van der Waals surface area contributed by atoms with E-state index < -0.39 is 11.7 Å². The molecule has 4 heteroatoms. The third kappa shape index (κ3) is 3.23. The quantitative estimate of drug-likeness (QED) is 0.831. The molecule has 0 saturated heterocycles. The van der Waals surface area contributed by atoms with Gasteiger partial charge in [0, 0.05) is 6.04 Å². The second kappa shape index (κ2) is 5.34. The van der Waals surface area contributed by atoms with Crippen LogP contribution in [0.3, 0.4) is 0 Å². The first-order chi connectivity index (χ1) is 7.49. The first-order valence-electron chi connectivity index (χ1n) is 5.39. The molecule has 0 unspecified atom stereocenters. The smallest absolute Gasteiger partial charge is 0.310 e. The highest BCUT2D eigenvalue weighted by molar-refractivity contribution is 5.27. The molecule has 0 aliphatic rings. The number of alkyl halides is 3. The van der Waals surface area contributed by atoms with Gasteiger partial charge in [0.2, 0.25) is 0 Å². The SMILES string of the molecule is CCN[C@@H](CC)c1cccc(C(F)(F)F)c1. The van der Waals surface area contributed by atoms with Crippen LogP contribution in [0.4, 0.5) is 13.2 Å². The summed E-state index contributed by atoms with van der Waals surface area (Å²) < 4.78 is 37.5. The normalized spacial score (nSPS) is 13.8. The van der Waals surface area contributed by atoms with E-state index in [-0.39, 0.29) is 6.04 Å². The molecule has 0 radical (unpaired) electrons. The van der Waals surface area contributed by atoms with Crippen molar-refractivity contribution >= 4 is 0 Å². The van der Waals surface area contributed by atoms with Gasteiger partial charge in [0.05, 0.1) is 5.56 Å². The highest BCUT2D eigenvalue weighted by Crippen LogP contribution is 2.31. The molecule has 0 amide bonds. The Morgan fingerprint density at radius 3 is 2.44 bits per heavy atom. The van der Waals surface area contributed by atoms with Gasteiger partial charge in [0.25, 0.3) is 0 Å². The second-order valence-electron chi connectivity index (χ2n) is 3.64. The van der Waals surface area contributed by atoms with E-state index in [9.17, 15) is 13.2 Å². The van der Waals surface area contributed by atoms with Crippen LogP contribution in [0.2, 0.25) is 0 Å². The van der Waals surface area contributed by atoms with E-state index in [2.05, 4.69) is 5.32 Å². The van der Waals surface area contributed by atoms with Gasteiger partial charge in [-0.15, -0.1) is 0 Å². The average molecular weight is 231 g/mol. The van der Waals surface area contributed by atoms with Gasteiger partial charge >= 0.3 is 6.18 Å². The molecule has 1 nitrogen and oxygen atoms in total. The topological polar surface area (TPSA) is 12.0 Å². The van der Waals surface area contributed by atoms with Gasteiger partial charge in [-0.05, 0) is 30.7 Å². The van der Waals surface area contributed by atoms with Crippen molar-refractivity contribution in [1.82, 2.24) is 5.32 Å². The minimum atomic E-state index is -4.26. The van der Waals surface area contributed by atoms with Crippen LogP contribution >= 0.6 is 0 Å². The summed E-state index contributed by atoms with van der Waals surface area (Å²) >= 11 is 0. The summed E-state index contributed by atoms with van der Waals surface area (Å²) in [5.74, 6) is 0. The third-order valence-electron chi connectivity index (χ3n) is 2.48. The summed E-state index contributed by atoms with van der Waals surface area (Å²) in [6.45, 7) is 4.64. The van der Waals surface area contributed by atoms with Gasteiger partial charge in [-0.3, -0.25) is 0 Å². The molecule has 1 rings (SSSR count). The number of hydrogen-bond donors (Lipinski definition) is 1. The molecular formula is C12H16F3N. The van der Waals surface area contributed by atoms with Crippen molar-refractivity contribution in [2.24, 2.45) is 0 Å². The van der Waals surface area contributed by atoms with Crippen molar-refractivity contribution in [3.8, 4) is 0 Å². The maximum Gasteiger partial charge on any atom is 0.416 e. The lowest BCUT2D eigenvalue weighted by Crippen LogP contribution is -2.20. The lowest BCUT2D eigenvalue weighted by atomic mass is 10.0. The van der Waals surface area contributed by atoms with Crippen LogP contribution in [0.1, 0.15) is 37.4 Å². The van der Waals surface area contributed by atoms with Gasteiger partial charge in [0.15, 0.2) is 0 Å². The fraction of sp³-hybridized carbons (Fsp3) is 0.500. The fourth-order valence-corrected chi connectivity index (χ4v) is 1.68. The van der Waals surface area contributed by atoms with Crippen molar-refractivity contribution in [3.05, 3.63) is 35.4 Å². The molecular weight excluding hydrogens is 215 g/mol. The predicted molar refractivity (Wildman–Crippen MR) is 58.2 cm³/mol. The second-order valence-corrected chi connectivity index (χ2v) is 3.64. The van der Waals surface area contributed by atoms with Gasteiger partial charge in [0.1, 0.15) is 0 Å². The van der Waals surface area contributed by atoms with Crippen LogP contribution < -0.4 is 5.32 Å². The Bertz CT molecular complexity index is 333. The Morgan fingerprint density at radius 1 is 1.25 bits per heavy atom. The van der Waals surface area contributed by atoms with Crippen molar-refractivity contribution in [2.45, 2.75) is 32.5 Å². The van der Waals surface area contributed by atoms with Gasteiger partial charge in [-0.25, -0.2) is 0 Å². The molecule has 90 valence electrons. The molecule has 0 fully saturated rings. The lowest BCUT2D eigenvalue weighted by molar-refractivity contribution is -0.137. The van der Waals surface area contributed by atoms with E-state index in [1.165, 1.54) is 12.1 Å². The highest BCUT2D eigenvalue weighted by atomic mass is 19.4. The molecule has 0 spiro atoms. The summed E-state index contributed by atoms with van der Waals surface area (Å²) in [5.41, 5.74) is 0.112. The van der Waals surface area contributed by atoms with Crippen molar-refractivity contribution in [1.29, 1.82) is 0 Å². The summed E-state index contributed by atoms with van der Waals surface area (Å²) in [5, 5.41) is 3.16. The fourth-order valence-electron chi connectivity index (χ4n) is 1.68. The van der Waals surface area contributed by atoms with E-state index in [0.717, 1.165) is 19.0 Å². The van der Waals surface area contributed by atoms with E-state index >= 15 is 0 Å². The molecule has 0 aromatic heterocycles. The standard InChI is InChI=1S/C12H16F3N/c1-3-11(16-4-2)9-6-5-7-10(8-9)12(13,14)15/h5-8,11,16H,3-4H2,1-2H3/t11-/m0/s1. The van der Waals surface area contributed by atoms with Gasteiger partial charge in [-0.1, -0.05) is 26.0 Å². The van der Waals surface area contributed by atoms with Crippen molar-refractivity contribution < 1.29 is 13.2 Å². The number of benzene rings is 1. The Labute approximate surface area is 93.7 Å². The van der Waals surface area contributed by atoms with Crippen LogP contribution in [0.15, 0.2) is 24.3 Å². The molecule has 1 N–H and O–H groups in total. The van der Waals surface area contributed by atoms with Crippen molar-refractivity contribution in [2.75, 3.05) is 6.54 Å². The summed E-state index contributed by atoms with van der Waals surface area (Å²) in [6.07, 6.45) is -3.49. The Kier molecular flexibility index (Phi) is 4.35. The van der Waals surface area contributed by atoms with E-state index in [1.54, 1.807) is 6.07 Å². The maximum atomic E-state index is 12.5. The molecule has 1 aromatic rings. The van der Waals surface area contributed by atoms with Gasteiger partial charge < -0.3 is 5.32 Å². The Hall–Kier alpha value is -1.03. The molecule has 0 aliphatic carbocycles. The molecule has 0 saturated carbocycles. The first kappa shape index (κ1) is 13.0. The third-order valence-corrected chi connectivity index (χ3v) is 2.48. The molecule has 0 heterocycles. The number of halogens is 3. The number of rotatable bonds is 4. The summed E-state index contributed by atoms with van der Waals surface area (Å²) in [7, 11) is 0. The number of hydrogen-bond acceptors (Lipinski definition) is 1. The van der Waals surface area contributed by atoms with Crippen LogP contribution in [-0.2, 0) is 6.18 Å². The van der Waals surface area contributed by atoms with Crippen LogP contribution in [0.5, 0.6) is 0 Å². The zero-order chi connectivity index (χ0) is 12.2. The zero-order valence-corrected chi connectivity index (χ0v) is 9.43. The average Bonchev–Trinajstić information content (AvgIpc) is 2.25. The van der Waals surface area contributed by atoms with Gasteiger partial charge in [-0.2, -0.15) is 13.2 Å². The van der Waals surface area contributed by atoms with Crippen LogP contribution in [0, 0.1) is 0 Å². The number of nitrogens with one attached hydrogen (secondary N) is 1. The predicted octanol–water partition coefficient (Wildman–Crippen LogP) is 3.77. The molecule has 1 atom stereocenters. The van der Waals surface area contributed by atoms with E-state index in [4.69, 9.17) is 0 Å². The molecule has 16 heavy (non-hydrogen) atoms.